The Kier molecular flexibility index (Phi) is 44.9. The van der Waals surface area contributed by atoms with Gasteiger partial charge >= 0.3 is 5.97 Å². The van der Waals surface area contributed by atoms with Crippen molar-refractivity contribution >= 4 is 11.9 Å². The third-order valence-electron chi connectivity index (χ3n) is 10.4. The van der Waals surface area contributed by atoms with Crippen molar-refractivity contribution in [2.45, 2.75) is 219 Å². The Morgan fingerprint density at radius 3 is 1.51 bits per heavy atom. The van der Waals surface area contributed by atoms with Crippen molar-refractivity contribution in [3.8, 4) is 0 Å². The second-order valence-electron chi connectivity index (χ2n) is 16.3. The molecule has 346 valence electrons. The standard InChI is InChI=1S/C55H91NO5/c1-4-7-10-13-16-19-21-23-25-27-29-31-33-36-39-42-45-48-55(60)61-51(46-43-40-37-35-32-30-28-26-24-22-20-17-14-11-8-5-2)49-54(59)56-52(50-57)53(58)47-44-41-38-34-18-15-12-9-6-3/h11,14,16-17,19-20,22-26,28-32,36,39,51-53,57-58H,4-10,12-13,15,18,21,27,33-35,37-38,40-50H2,1-3H3,(H,56,59)/b14-11+,19-16-,20-17+,24-22+,25-23-,28-26+,31-29-,32-30+,39-36-. The number of rotatable bonds is 42. The molecule has 0 aliphatic heterocycles. The lowest BCUT2D eigenvalue weighted by molar-refractivity contribution is -0.151. The van der Waals surface area contributed by atoms with E-state index in [1.54, 1.807) is 0 Å². The molecule has 0 saturated heterocycles. The first-order valence-corrected chi connectivity index (χ1v) is 24.7. The van der Waals surface area contributed by atoms with Gasteiger partial charge in [-0.2, -0.15) is 0 Å². The SMILES string of the molecule is CCC/C=C/C=C/C=C/C=C/C=C/CCCCCC(CC(=O)NC(CO)C(O)CCCCCCCCCCC)OC(=O)CCC/C=C\C/C=C\C/C=C\C/C=C\CCCCC. The Morgan fingerprint density at radius 1 is 0.492 bits per heavy atom. The van der Waals surface area contributed by atoms with Crippen molar-refractivity contribution in [2.24, 2.45) is 0 Å². The summed E-state index contributed by atoms with van der Waals surface area (Å²) in [6, 6.07) is -0.733. The average Bonchev–Trinajstić information content (AvgIpc) is 3.25. The van der Waals surface area contributed by atoms with Crippen LogP contribution >= 0.6 is 0 Å². The van der Waals surface area contributed by atoms with E-state index < -0.39 is 18.2 Å². The van der Waals surface area contributed by atoms with Crippen molar-refractivity contribution in [3.63, 3.8) is 0 Å². The van der Waals surface area contributed by atoms with E-state index in [9.17, 15) is 19.8 Å². The Bertz CT molecular complexity index is 1270. The molecule has 0 saturated carbocycles. The number of ether oxygens (including phenoxy) is 1. The molecule has 0 aromatic heterocycles. The van der Waals surface area contributed by atoms with Gasteiger partial charge in [0.2, 0.25) is 5.91 Å². The smallest absolute Gasteiger partial charge is 0.306 e. The Morgan fingerprint density at radius 2 is 0.934 bits per heavy atom. The summed E-state index contributed by atoms with van der Waals surface area (Å²) in [5.41, 5.74) is 0. The summed E-state index contributed by atoms with van der Waals surface area (Å²) in [5.74, 6) is -0.596. The third kappa shape index (κ3) is 43.0. The maximum atomic E-state index is 13.2. The number of carbonyl (C=O) groups is 2. The molecule has 0 aromatic carbocycles. The van der Waals surface area contributed by atoms with Crippen molar-refractivity contribution < 1.29 is 24.5 Å². The largest absolute Gasteiger partial charge is 0.462 e. The summed E-state index contributed by atoms with van der Waals surface area (Å²) >= 11 is 0. The van der Waals surface area contributed by atoms with Gasteiger partial charge in [-0.05, 0) is 83.5 Å². The van der Waals surface area contributed by atoms with Crippen LogP contribution in [-0.2, 0) is 14.3 Å². The number of amides is 1. The second-order valence-corrected chi connectivity index (χ2v) is 16.3. The molecule has 61 heavy (non-hydrogen) atoms. The summed E-state index contributed by atoms with van der Waals surface area (Å²) in [5, 5.41) is 23.6. The molecule has 3 unspecified atom stereocenters. The molecule has 6 nitrogen and oxygen atoms in total. The zero-order valence-corrected chi connectivity index (χ0v) is 39.2. The normalized spacial score (nSPS) is 14.2. The highest BCUT2D eigenvalue weighted by molar-refractivity contribution is 5.77. The third-order valence-corrected chi connectivity index (χ3v) is 10.4. The van der Waals surface area contributed by atoms with Crippen LogP contribution in [0.1, 0.15) is 201 Å². The van der Waals surface area contributed by atoms with E-state index in [0.717, 1.165) is 83.5 Å². The van der Waals surface area contributed by atoms with E-state index in [1.807, 2.05) is 36.5 Å². The van der Waals surface area contributed by atoms with E-state index >= 15 is 0 Å². The molecule has 0 bridgehead atoms. The van der Waals surface area contributed by atoms with Crippen LogP contribution in [-0.4, -0.2) is 46.9 Å². The molecule has 0 spiro atoms. The first-order chi connectivity index (χ1) is 30.0. The van der Waals surface area contributed by atoms with Gasteiger partial charge in [0, 0.05) is 6.42 Å². The lowest BCUT2D eigenvalue weighted by Gasteiger charge is -2.24. The number of hydrogen-bond acceptors (Lipinski definition) is 5. The van der Waals surface area contributed by atoms with Crippen molar-refractivity contribution in [1.29, 1.82) is 0 Å². The number of unbranched alkanes of at least 4 members (excludes halogenated alkanes) is 16. The molecule has 3 N–H and O–H groups in total. The minimum Gasteiger partial charge on any atom is -0.462 e. The summed E-state index contributed by atoms with van der Waals surface area (Å²) < 4.78 is 5.87. The highest BCUT2D eigenvalue weighted by Crippen LogP contribution is 2.16. The number of carbonyl (C=O) groups excluding carboxylic acids is 2. The fourth-order valence-electron chi connectivity index (χ4n) is 6.69. The lowest BCUT2D eigenvalue weighted by atomic mass is 10.0. The molecule has 0 rings (SSSR count). The molecule has 3 atom stereocenters. The van der Waals surface area contributed by atoms with Gasteiger partial charge in [0.25, 0.3) is 0 Å². The van der Waals surface area contributed by atoms with Crippen molar-refractivity contribution in [3.05, 3.63) is 109 Å². The number of esters is 1. The number of aliphatic hydroxyl groups excluding tert-OH is 2. The van der Waals surface area contributed by atoms with Gasteiger partial charge in [0.15, 0.2) is 0 Å². The quantitative estimate of drug-likeness (QED) is 0.0246. The van der Waals surface area contributed by atoms with E-state index in [4.69, 9.17) is 4.74 Å². The molecule has 0 aliphatic rings. The fraction of sp³-hybridized carbons (Fsp3) is 0.636. The first-order valence-electron chi connectivity index (χ1n) is 24.7. The van der Waals surface area contributed by atoms with Crippen LogP contribution in [0.4, 0.5) is 0 Å². The zero-order valence-electron chi connectivity index (χ0n) is 39.2. The molecular weight excluding hydrogens is 755 g/mol. The maximum absolute atomic E-state index is 13.2. The van der Waals surface area contributed by atoms with Gasteiger partial charge < -0.3 is 20.3 Å². The van der Waals surface area contributed by atoms with Crippen molar-refractivity contribution in [1.82, 2.24) is 5.32 Å². The monoisotopic (exact) mass is 846 g/mol. The Balaban J connectivity index is 4.82. The fourth-order valence-corrected chi connectivity index (χ4v) is 6.69. The highest BCUT2D eigenvalue weighted by Gasteiger charge is 2.24. The maximum Gasteiger partial charge on any atom is 0.306 e. The first kappa shape index (κ1) is 57.5. The van der Waals surface area contributed by atoms with Crippen molar-refractivity contribution in [2.75, 3.05) is 6.61 Å². The van der Waals surface area contributed by atoms with E-state index in [1.165, 1.54) is 64.2 Å². The van der Waals surface area contributed by atoms with Gasteiger partial charge in [-0.15, -0.1) is 0 Å². The van der Waals surface area contributed by atoms with Gasteiger partial charge in [0.05, 0.1) is 25.2 Å². The molecule has 1 amide bonds. The molecular formula is C55H91NO5. The summed E-state index contributed by atoms with van der Waals surface area (Å²) in [6.07, 6.45) is 64.3. The number of nitrogens with one attached hydrogen (secondary N) is 1. The Hall–Kier alpha value is -3.48. The van der Waals surface area contributed by atoms with Crippen LogP contribution in [0, 0.1) is 0 Å². The van der Waals surface area contributed by atoms with Crippen LogP contribution < -0.4 is 5.32 Å². The highest BCUT2D eigenvalue weighted by atomic mass is 16.5. The van der Waals surface area contributed by atoms with E-state index in [2.05, 4.69) is 99.0 Å². The van der Waals surface area contributed by atoms with Crippen LogP contribution in [0.5, 0.6) is 0 Å². The summed E-state index contributed by atoms with van der Waals surface area (Å²) in [4.78, 5) is 26.1. The van der Waals surface area contributed by atoms with Gasteiger partial charge in [-0.3, -0.25) is 9.59 Å². The number of allylic oxidation sites excluding steroid dienone is 18. The van der Waals surface area contributed by atoms with Crippen LogP contribution in [0.25, 0.3) is 0 Å². The van der Waals surface area contributed by atoms with Gasteiger partial charge in [-0.25, -0.2) is 0 Å². The molecule has 0 aliphatic carbocycles. The van der Waals surface area contributed by atoms with Crippen LogP contribution in [0.3, 0.4) is 0 Å². The molecule has 0 fully saturated rings. The van der Waals surface area contributed by atoms with E-state index in [-0.39, 0.29) is 24.9 Å². The predicted octanol–water partition coefficient (Wildman–Crippen LogP) is 14.7. The minimum absolute atomic E-state index is 0.0204. The number of hydrogen-bond donors (Lipinski definition) is 3. The van der Waals surface area contributed by atoms with Crippen LogP contribution in [0.15, 0.2) is 109 Å². The Labute approximate surface area is 375 Å². The molecule has 0 heterocycles. The van der Waals surface area contributed by atoms with Gasteiger partial charge in [0.1, 0.15) is 6.10 Å². The van der Waals surface area contributed by atoms with Crippen LogP contribution in [0.2, 0.25) is 0 Å². The average molecular weight is 846 g/mol. The molecule has 0 radical (unpaired) electrons. The van der Waals surface area contributed by atoms with Gasteiger partial charge in [-0.1, -0.05) is 214 Å². The minimum atomic E-state index is -0.814. The second kappa shape index (κ2) is 47.6. The molecule has 6 heteroatoms. The molecule has 0 aromatic rings. The summed E-state index contributed by atoms with van der Waals surface area (Å²) in [6.45, 7) is 6.30. The zero-order chi connectivity index (χ0) is 44.5. The number of aliphatic hydroxyl groups is 2. The topological polar surface area (TPSA) is 95.9 Å². The summed E-state index contributed by atoms with van der Waals surface area (Å²) in [7, 11) is 0. The van der Waals surface area contributed by atoms with E-state index in [0.29, 0.717) is 25.7 Å². The lowest BCUT2D eigenvalue weighted by Crippen LogP contribution is -2.46. The predicted molar refractivity (Wildman–Crippen MR) is 263 cm³/mol.